The molecule has 2 aromatic carbocycles. The van der Waals surface area contributed by atoms with Crippen LogP contribution in [0.2, 0.25) is 10.2 Å². The number of rotatable bonds is 5. The van der Waals surface area contributed by atoms with Crippen LogP contribution in [0.3, 0.4) is 0 Å². The molecule has 8 nitrogen and oxygen atoms in total. The molecule has 10 heteroatoms. The topological polar surface area (TPSA) is 111 Å². The minimum absolute atomic E-state index is 0.0518. The van der Waals surface area contributed by atoms with Gasteiger partial charge in [-0.2, -0.15) is 0 Å². The highest BCUT2D eigenvalue weighted by Gasteiger charge is 2.18. The van der Waals surface area contributed by atoms with E-state index in [-0.39, 0.29) is 22.0 Å². The summed E-state index contributed by atoms with van der Waals surface area (Å²) in [7, 11) is 0. The molecule has 0 spiro atoms. The summed E-state index contributed by atoms with van der Waals surface area (Å²) in [4.78, 5) is 38.6. The fraction of sp³-hybridized carbons (Fsp3) is 0.0556. The first-order valence-corrected chi connectivity index (χ1v) is 8.56. The van der Waals surface area contributed by atoms with Crippen molar-refractivity contribution in [3.63, 3.8) is 0 Å². The SMILES string of the molecule is O=C(COC(=O)c1ccc2nc(Cl)ccc2c1)Nc1ccc(Cl)cc1[N+](=O)[O-]. The molecule has 1 aromatic heterocycles. The molecule has 28 heavy (non-hydrogen) atoms. The Labute approximate surface area is 168 Å². The molecule has 0 bridgehead atoms. The minimum Gasteiger partial charge on any atom is -0.452 e. The van der Waals surface area contributed by atoms with Crippen LogP contribution >= 0.6 is 23.2 Å². The molecule has 0 saturated carbocycles. The van der Waals surface area contributed by atoms with Gasteiger partial charge in [0.05, 0.1) is 16.0 Å². The Kier molecular flexibility index (Phi) is 5.72. The number of nitrogens with one attached hydrogen (secondary N) is 1. The Morgan fingerprint density at radius 1 is 1.11 bits per heavy atom. The van der Waals surface area contributed by atoms with Crippen molar-refractivity contribution >= 4 is 57.4 Å². The maximum atomic E-state index is 12.2. The number of benzene rings is 2. The van der Waals surface area contributed by atoms with E-state index in [0.717, 1.165) is 6.07 Å². The molecule has 0 aliphatic heterocycles. The van der Waals surface area contributed by atoms with Crippen LogP contribution in [0.5, 0.6) is 0 Å². The maximum Gasteiger partial charge on any atom is 0.338 e. The van der Waals surface area contributed by atoms with E-state index in [1.54, 1.807) is 24.3 Å². The van der Waals surface area contributed by atoms with Crippen molar-refractivity contribution in [2.24, 2.45) is 0 Å². The van der Waals surface area contributed by atoms with E-state index in [9.17, 15) is 19.7 Å². The van der Waals surface area contributed by atoms with E-state index in [1.165, 1.54) is 18.2 Å². The van der Waals surface area contributed by atoms with Crippen LogP contribution in [0.15, 0.2) is 48.5 Å². The van der Waals surface area contributed by atoms with Gasteiger partial charge in [0.15, 0.2) is 6.61 Å². The second-order valence-electron chi connectivity index (χ2n) is 5.58. The number of ether oxygens (including phenoxy) is 1. The van der Waals surface area contributed by atoms with Crippen molar-refractivity contribution in [1.82, 2.24) is 4.98 Å². The summed E-state index contributed by atoms with van der Waals surface area (Å²) in [5.74, 6) is -1.45. The Bertz CT molecular complexity index is 1100. The molecule has 0 fully saturated rings. The molecular weight excluding hydrogens is 409 g/mol. The predicted molar refractivity (Wildman–Crippen MR) is 104 cm³/mol. The van der Waals surface area contributed by atoms with Gasteiger partial charge in [0.1, 0.15) is 10.8 Å². The average molecular weight is 420 g/mol. The number of anilines is 1. The van der Waals surface area contributed by atoms with Crippen LogP contribution < -0.4 is 5.32 Å². The normalized spacial score (nSPS) is 10.5. The third-order valence-corrected chi connectivity index (χ3v) is 4.10. The van der Waals surface area contributed by atoms with E-state index in [2.05, 4.69) is 10.3 Å². The zero-order chi connectivity index (χ0) is 20.3. The van der Waals surface area contributed by atoms with Gasteiger partial charge in [0.2, 0.25) is 0 Å². The highest BCUT2D eigenvalue weighted by molar-refractivity contribution is 6.31. The molecule has 1 heterocycles. The first-order valence-electron chi connectivity index (χ1n) is 7.81. The van der Waals surface area contributed by atoms with Gasteiger partial charge in [-0.05, 0) is 42.5 Å². The smallest absolute Gasteiger partial charge is 0.338 e. The van der Waals surface area contributed by atoms with Crippen molar-refractivity contribution in [3.8, 4) is 0 Å². The molecule has 0 atom stereocenters. The number of nitro benzene ring substituents is 1. The summed E-state index contributed by atoms with van der Waals surface area (Å²) in [5, 5.41) is 14.5. The maximum absolute atomic E-state index is 12.2. The predicted octanol–water partition coefficient (Wildman–Crippen LogP) is 4.25. The summed E-state index contributed by atoms with van der Waals surface area (Å²) >= 11 is 11.5. The first-order chi connectivity index (χ1) is 13.3. The summed E-state index contributed by atoms with van der Waals surface area (Å²) in [5.41, 5.74) is 0.413. The Morgan fingerprint density at radius 3 is 2.64 bits per heavy atom. The number of esters is 1. The second-order valence-corrected chi connectivity index (χ2v) is 6.41. The van der Waals surface area contributed by atoms with Gasteiger partial charge in [-0.25, -0.2) is 9.78 Å². The molecule has 0 aliphatic rings. The van der Waals surface area contributed by atoms with Gasteiger partial charge in [0.25, 0.3) is 11.6 Å². The van der Waals surface area contributed by atoms with Crippen LogP contribution in [0, 0.1) is 10.1 Å². The number of carbonyl (C=O) groups is 2. The molecule has 1 amide bonds. The Hall–Kier alpha value is -3.23. The summed E-state index contributed by atoms with van der Waals surface area (Å²) in [6.45, 7) is -0.616. The number of aromatic nitrogens is 1. The highest BCUT2D eigenvalue weighted by atomic mass is 35.5. The van der Waals surface area contributed by atoms with Crippen LogP contribution in [-0.2, 0) is 9.53 Å². The summed E-state index contributed by atoms with van der Waals surface area (Å²) in [6.07, 6.45) is 0. The second kappa shape index (κ2) is 8.20. The number of hydrogen-bond acceptors (Lipinski definition) is 6. The zero-order valence-electron chi connectivity index (χ0n) is 14.0. The Balaban J connectivity index is 1.65. The van der Waals surface area contributed by atoms with Crippen LogP contribution in [0.1, 0.15) is 10.4 Å². The molecule has 0 radical (unpaired) electrons. The molecule has 0 aliphatic carbocycles. The van der Waals surface area contributed by atoms with Crippen LogP contribution in [0.25, 0.3) is 10.9 Å². The van der Waals surface area contributed by atoms with Crippen molar-refractivity contribution in [3.05, 3.63) is 74.4 Å². The molecule has 1 N–H and O–H groups in total. The number of nitro groups is 1. The van der Waals surface area contributed by atoms with Gasteiger partial charge in [-0.1, -0.05) is 23.2 Å². The lowest BCUT2D eigenvalue weighted by molar-refractivity contribution is -0.383. The number of amides is 1. The molecule has 0 saturated heterocycles. The minimum atomic E-state index is -0.729. The largest absolute Gasteiger partial charge is 0.452 e. The van der Waals surface area contributed by atoms with E-state index in [1.807, 2.05) is 0 Å². The van der Waals surface area contributed by atoms with Crippen molar-refractivity contribution < 1.29 is 19.2 Å². The Morgan fingerprint density at radius 2 is 1.89 bits per heavy atom. The van der Waals surface area contributed by atoms with Gasteiger partial charge in [-0.3, -0.25) is 14.9 Å². The molecular formula is C18H11Cl2N3O5. The van der Waals surface area contributed by atoms with Gasteiger partial charge < -0.3 is 10.1 Å². The van der Waals surface area contributed by atoms with E-state index >= 15 is 0 Å². The zero-order valence-corrected chi connectivity index (χ0v) is 15.5. The summed E-state index contributed by atoms with van der Waals surface area (Å²) < 4.78 is 4.97. The van der Waals surface area contributed by atoms with Crippen molar-refractivity contribution in [2.45, 2.75) is 0 Å². The fourth-order valence-electron chi connectivity index (χ4n) is 2.39. The monoisotopic (exact) mass is 419 g/mol. The summed E-state index contributed by atoms with van der Waals surface area (Å²) in [6, 6.07) is 11.7. The third kappa shape index (κ3) is 4.54. The van der Waals surface area contributed by atoms with Gasteiger partial charge >= 0.3 is 5.97 Å². The molecule has 3 aromatic rings. The number of carbonyl (C=O) groups excluding carboxylic acids is 2. The van der Waals surface area contributed by atoms with Crippen LogP contribution in [0.4, 0.5) is 11.4 Å². The standard InChI is InChI=1S/C18H11Cl2N3O5/c19-12-3-5-14(15(8-12)23(26)27)22-17(24)9-28-18(25)11-1-4-13-10(7-11)2-6-16(20)21-13/h1-8H,9H2,(H,22,24). The average Bonchev–Trinajstić information content (AvgIpc) is 2.66. The van der Waals surface area contributed by atoms with E-state index in [4.69, 9.17) is 27.9 Å². The fourth-order valence-corrected chi connectivity index (χ4v) is 2.71. The first kappa shape index (κ1) is 19.5. The number of hydrogen-bond donors (Lipinski definition) is 1. The number of fused-ring (bicyclic) bond motifs is 1. The number of nitrogens with zero attached hydrogens (tertiary/aromatic N) is 2. The van der Waals surface area contributed by atoms with Gasteiger partial charge in [-0.15, -0.1) is 0 Å². The lowest BCUT2D eigenvalue weighted by Gasteiger charge is -2.08. The van der Waals surface area contributed by atoms with Crippen molar-refractivity contribution in [2.75, 3.05) is 11.9 Å². The highest BCUT2D eigenvalue weighted by Crippen LogP contribution is 2.27. The number of pyridine rings is 1. The molecule has 142 valence electrons. The lowest BCUT2D eigenvalue weighted by atomic mass is 10.1. The molecule has 3 rings (SSSR count). The third-order valence-electron chi connectivity index (χ3n) is 3.66. The van der Waals surface area contributed by atoms with E-state index in [0.29, 0.717) is 16.1 Å². The molecule has 0 unspecified atom stereocenters. The quantitative estimate of drug-likeness (QED) is 0.286. The van der Waals surface area contributed by atoms with E-state index < -0.39 is 23.4 Å². The van der Waals surface area contributed by atoms with Gasteiger partial charge in [0, 0.05) is 16.5 Å². The van der Waals surface area contributed by atoms with Crippen molar-refractivity contribution in [1.29, 1.82) is 0 Å². The van der Waals surface area contributed by atoms with Crippen LogP contribution in [-0.4, -0.2) is 28.4 Å². The lowest BCUT2D eigenvalue weighted by Crippen LogP contribution is -2.21. The number of halogens is 2.